The van der Waals surface area contributed by atoms with Gasteiger partial charge in [0.25, 0.3) is 0 Å². The van der Waals surface area contributed by atoms with Gasteiger partial charge in [-0.1, -0.05) is 115 Å². The number of hydrogen-bond acceptors (Lipinski definition) is 5. The molecule has 0 aliphatic heterocycles. The molecule has 0 saturated heterocycles. The zero-order chi connectivity index (χ0) is 29.0. The molecule has 0 spiro atoms. The van der Waals surface area contributed by atoms with Gasteiger partial charge in [-0.15, -0.1) is 0 Å². The molecule has 5 nitrogen and oxygen atoms in total. The highest BCUT2D eigenvalue weighted by Crippen LogP contribution is 2.42. The van der Waals surface area contributed by atoms with Gasteiger partial charge >= 0.3 is 0 Å². The lowest BCUT2D eigenvalue weighted by Crippen LogP contribution is -2.00. The molecule has 9 aromatic rings. The minimum Gasteiger partial charge on any atom is -0.455 e. The molecule has 0 saturated carbocycles. The maximum absolute atomic E-state index is 6.53. The van der Waals surface area contributed by atoms with Gasteiger partial charge < -0.3 is 8.83 Å². The van der Waals surface area contributed by atoms with Gasteiger partial charge in [-0.3, -0.25) is 0 Å². The minimum atomic E-state index is 0.542. The molecule has 0 radical (unpaired) electrons. The molecule has 0 bridgehead atoms. The first-order chi connectivity index (χ1) is 21.8. The van der Waals surface area contributed by atoms with Gasteiger partial charge in [-0.05, 0) is 29.8 Å². The lowest BCUT2D eigenvalue weighted by molar-refractivity contribution is 0.668. The lowest BCUT2D eigenvalue weighted by Gasteiger charge is -2.11. The number of rotatable bonds is 4. The van der Waals surface area contributed by atoms with E-state index in [-0.39, 0.29) is 0 Å². The number of para-hydroxylation sites is 3. The average molecular weight is 566 g/mol. The smallest absolute Gasteiger partial charge is 0.167 e. The summed E-state index contributed by atoms with van der Waals surface area (Å²) < 4.78 is 13.0. The molecule has 3 heterocycles. The Kier molecular flexibility index (Phi) is 5.43. The summed E-state index contributed by atoms with van der Waals surface area (Å²) in [6.45, 7) is 0. The van der Waals surface area contributed by atoms with E-state index in [1.165, 1.54) is 0 Å². The first-order valence-corrected chi connectivity index (χ1v) is 14.5. The van der Waals surface area contributed by atoms with Crippen molar-refractivity contribution in [2.75, 3.05) is 0 Å². The predicted molar refractivity (Wildman–Crippen MR) is 176 cm³/mol. The fourth-order valence-electron chi connectivity index (χ4n) is 6.05. The highest BCUT2D eigenvalue weighted by atomic mass is 16.3. The molecule has 3 aromatic heterocycles. The van der Waals surface area contributed by atoms with Crippen molar-refractivity contribution in [3.8, 4) is 45.3 Å². The fourth-order valence-corrected chi connectivity index (χ4v) is 6.05. The predicted octanol–water partition coefficient (Wildman–Crippen LogP) is 10.3. The molecule has 0 unspecified atom stereocenters. The van der Waals surface area contributed by atoms with E-state index >= 15 is 0 Å². The van der Waals surface area contributed by atoms with Crippen LogP contribution in [-0.4, -0.2) is 15.0 Å². The summed E-state index contributed by atoms with van der Waals surface area (Å²) in [5.74, 6) is 1.74. The Morgan fingerprint density at radius 2 is 0.841 bits per heavy atom. The number of hydrogen-bond donors (Lipinski definition) is 0. The summed E-state index contributed by atoms with van der Waals surface area (Å²) >= 11 is 0. The summed E-state index contributed by atoms with van der Waals surface area (Å²) in [5.41, 5.74) is 7.85. The van der Waals surface area contributed by atoms with Crippen LogP contribution in [0.2, 0.25) is 0 Å². The van der Waals surface area contributed by atoms with Crippen LogP contribution in [0.1, 0.15) is 0 Å². The SMILES string of the molecule is c1ccc(-c2nc(-c3ccccc3)nc(-c3cc(-c4cccc5c4oc4ccccc45)cc4c3oc3ccccc34)n2)cc1. The van der Waals surface area contributed by atoms with Crippen molar-refractivity contribution in [2.24, 2.45) is 0 Å². The minimum absolute atomic E-state index is 0.542. The second kappa shape index (κ2) is 9.75. The topological polar surface area (TPSA) is 65.0 Å². The van der Waals surface area contributed by atoms with Gasteiger partial charge in [0.15, 0.2) is 17.5 Å². The lowest BCUT2D eigenvalue weighted by atomic mass is 9.97. The molecule has 5 heteroatoms. The highest BCUT2D eigenvalue weighted by molar-refractivity contribution is 6.14. The van der Waals surface area contributed by atoms with Crippen LogP contribution in [0.5, 0.6) is 0 Å². The summed E-state index contributed by atoms with van der Waals surface area (Å²) in [6, 6.07) is 46.9. The van der Waals surface area contributed by atoms with E-state index in [1.54, 1.807) is 0 Å². The molecule has 0 atom stereocenters. The quantitative estimate of drug-likeness (QED) is 0.212. The summed E-state index contributed by atoms with van der Waals surface area (Å²) in [5, 5.41) is 4.19. The number of aromatic nitrogens is 3. The Bertz CT molecular complexity index is 2440. The molecule has 9 rings (SSSR count). The van der Waals surface area contributed by atoms with Crippen LogP contribution < -0.4 is 0 Å². The monoisotopic (exact) mass is 565 g/mol. The molecule has 206 valence electrons. The van der Waals surface area contributed by atoms with E-state index < -0.39 is 0 Å². The molecule has 0 aliphatic carbocycles. The summed E-state index contributed by atoms with van der Waals surface area (Å²) in [7, 11) is 0. The van der Waals surface area contributed by atoms with Crippen molar-refractivity contribution >= 4 is 43.9 Å². The van der Waals surface area contributed by atoms with Crippen molar-refractivity contribution in [3.05, 3.63) is 140 Å². The van der Waals surface area contributed by atoms with Crippen LogP contribution >= 0.6 is 0 Å². The van der Waals surface area contributed by atoms with Gasteiger partial charge in [0.1, 0.15) is 22.3 Å². The van der Waals surface area contributed by atoms with E-state index in [2.05, 4.69) is 42.5 Å². The van der Waals surface area contributed by atoms with Crippen LogP contribution in [-0.2, 0) is 0 Å². The third-order valence-corrected chi connectivity index (χ3v) is 8.13. The molecule has 0 aliphatic rings. The van der Waals surface area contributed by atoms with E-state index in [1.807, 2.05) is 97.1 Å². The third kappa shape index (κ3) is 3.91. The standard InChI is InChI=1S/C39H23N3O2/c1-3-12-24(13-4-1)37-40-38(25-14-5-2-6-15-25)42-39(41-37)32-23-26(22-31-29-17-8-10-21-34(29)44-36(31)32)27-18-11-19-30-28-16-7-9-20-33(28)43-35(27)30/h1-23H. The van der Waals surface area contributed by atoms with Gasteiger partial charge in [-0.25, -0.2) is 15.0 Å². The average Bonchev–Trinajstić information content (AvgIpc) is 3.67. The van der Waals surface area contributed by atoms with Gasteiger partial charge in [0.2, 0.25) is 0 Å². The Hall–Kier alpha value is -6.07. The Morgan fingerprint density at radius 3 is 1.48 bits per heavy atom. The highest BCUT2D eigenvalue weighted by Gasteiger charge is 2.21. The number of nitrogens with zero attached hydrogens (tertiary/aromatic N) is 3. The maximum atomic E-state index is 6.53. The summed E-state index contributed by atoms with van der Waals surface area (Å²) in [4.78, 5) is 15.0. The van der Waals surface area contributed by atoms with Crippen molar-refractivity contribution in [2.45, 2.75) is 0 Å². The Morgan fingerprint density at radius 1 is 0.341 bits per heavy atom. The molecule has 44 heavy (non-hydrogen) atoms. The largest absolute Gasteiger partial charge is 0.455 e. The van der Waals surface area contributed by atoms with Crippen molar-refractivity contribution in [3.63, 3.8) is 0 Å². The number of furan rings is 2. The molecule has 0 N–H and O–H groups in total. The third-order valence-electron chi connectivity index (χ3n) is 8.13. The van der Waals surface area contributed by atoms with Crippen LogP contribution in [0.4, 0.5) is 0 Å². The van der Waals surface area contributed by atoms with E-state index in [0.717, 1.165) is 71.7 Å². The fraction of sp³-hybridized carbons (Fsp3) is 0. The second-order valence-corrected chi connectivity index (χ2v) is 10.8. The molecule has 0 amide bonds. The van der Waals surface area contributed by atoms with E-state index in [0.29, 0.717) is 17.5 Å². The molecular formula is C39H23N3O2. The molecule has 0 fully saturated rings. The van der Waals surface area contributed by atoms with Gasteiger partial charge in [0.05, 0.1) is 5.56 Å². The van der Waals surface area contributed by atoms with E-state index in [9.17, 15) is 0 Å². The summed E-state index contributed by atoms with van der Waals surface area (Å²) in [6.07, 6.45) is 0. The maximum Gasteiger partial charge on any atom is 0.167 e. The molecule has 6 aromatic carbocycles. The van der Waals surface area contributed by atoms with Crippen LogP contribution in [0.25, 0.3) is 89.2 Å². The van der Waals surface area contributed by atoms with Crippen molar-refractivity contribution < 1.29 is 8.83 Å². The van der Waals surface area contributed by atoms with Gasteiger partial charge in [0, 0.05) is 38.2 Å². The van der Waals surface area contributed by atoms with Crippen LogP contribution in [0, 0.1) is 0 Å². The van der Waals surface area contributed by atoms with Crippen LogP contribution in [0.3, 0.4) is 0 Å². The number of fused-ring (bicyclic) bond motifs is 6. The first-order valence-electron chi connectivity index (χ1n) is 14.5. The van der Waals surface area contributed by atoms with Gasteiger partial charge in [-0.2, -0.15) is 0 Å². The van der Waals surface area contributed by atoms with E-state index in [4.69, 9.17) is 23.8 Å². The second-order valence-electron chi connectivity index (χ2n) is 10.8. The normalized spacial score (nSPS) is 11.6. The van der Waals surface area contributed by atoms with Crippen molar-refractivity contribution in [1.29, 1.82) is 0 Å². The van der Waals surface area contributed by atoms with Crippen LogP contribution in [0.15, 0.2) is 148 Å². The Labute approximate surface area is 252 Å². The van der Waals surface area contributed by atoms with Crippen molar-refractivity contribution in [1.82, 2.24) is 15.0 Å². The first kappa shape index (κ1) is 24.5. The molecular weight excluding hydrogens is 542 g/mol. The zero-order valence-electron chi connectivity index (χ0n) is 23.4. The number of benzene rings is 6. The Balaban J connectivity index is 1.36. The zero-order valence-corrected chi connectivity index (χ0v) is 23.4.